The van der Waals surface area contributed by atoms with Crippen LogP contribution in [0.2, 0.25) is 0 Å². The van der Waals surface area contributed by atoms with Crippen molar-refractivity contribution in [3.8, 4) is 5.75 Å². The number of nitrogens with one attached hydrogen (secondary N) is 1. The van der Waals surface area contributed by atoms with Gasteiger partial charge in [0, 0.05) is 25.2 Å². The summed E-state index contributed by atoms with van der Waals surface area (Å²) in [5.74, 6) is 1.10. The molecule has 0 saturated heterocycles. The number of hydrogen-bond acceptors (Lipinski definition) is 4. The molecule has 3 nitrogen and oxygen atoms in total. The van der Waals surface area contributed by atoms with Crippen LogP contribution in [-0.2, 0) is 5.75 Å². The van der Waals surface area contributed by atoms with Gasteiger partial charge in [-0.05, 0) is 17.0 Å². The number of fused-ring (bicyclic) bond motifs is 1. The molecule has 2 aromatic rings. The zero-order valence-corrected chi connectivity index (χ0v) is 12.5. The van der Waals surface area contributed by atoms with Crippen LogP contribution in [0.1, 0.15) is 5.56 Å². The van der Waals surface area contributed by atoms with E-state index in [2.05, 4.69) is 5.43 Å². The van der Waals surface area contributed by atoms with Gasteiger partial charge in [0.2, 0.25) is 0 Å². The molecule has 2 N–H and O–H groups in total. The third-order valence-electron chi connectivity index (χ3n) is 2.67. The van der Waals surface area contributed by atoms with Gasteiger partial charge in [0.1, 0.15) is 10.1 Å². The molecular weight excluding hydrogens is 276 g/mol. The molecule has 0 spiro atoms. The van der Waals surface area contributed by atoms with E-state index in [1.807, 2.05) is 49.4 Å². The summed E-state index contributed by atoms with van der Waals surface area (Å²) in [6.07, 6.45) is 0. The van der Waals surface area contributed by atoms with Crippen LogP contribution in [-0.4, -0.2) is 28.5 Å². The van der Waals surface area contributed by atoms with Crippen LogP contribution in [0, 0.1) is 0 Å². The van der Waals surface area contributed by atoms with Crippen molar-refractivity contribution >= 4 is 39.1 Å². The van der Waals surface area contributed by atoms with Crippen molar-refractivity contribution in [2.45, 2.75) is 5.75 Å². The van der Waals surface area contributed by atoms with E-state index in [1.54, 1.807) is 17.8 Å². The second-order valence-electron chi connectivity index (χ2n) is 4.37. The number of phenolic OH excluding ortho intramolecular Hbond substituents is 1. The number of rotatable bonds is 3. The van der Waals surface area contributed by atoms with Crippen LogP contribution in [0.5, 0.6) is 5.75 Å². The average Bonchev–Trinajstić information content (AvgIpc) is 2.37. The summed E-state index contributed by atoms with van der Waals surface area (Å²) in [5, 5.41) is 13.6. The molecule has 19 heavy (non-hydrogen) atoms. The van der Waals surface area contributed by atoms with Gasteiger partial charge < -0.3 is 10.5 Å². The molecule has 5 heteroatoms. The van der Waals surface area contributed by atoms with Crippen LogP contribution in [0.15, 0.2) is 36.4 Å². The summed E-state index contributed by atoms with van der Waals surface area (Å²) in [7, 11) is 3.81. The fraction of sp³-hybridized carbons (Fsp3) is 0.214. The highest BCUT2D eigenvalue weighted by Crippen LogP contribution is 2.29. The zero-order chi connectivity index (χ0) is 13.8. The van der Waals surface area contributed by atoms with Crippen molar-refractivity contribution in [2.24, 2.45) is 0 Å². The summed E-state index contributed by atoms with van der Waals surface area (Å²) in [6, 6.07) is 11.5. The number of phenols is 1. The van der Waals surface area contributed by atoms with Gasteiger partial charge in [-0.2, -0.15) is 0 Å². The molecule has 0 fully saturated rings. The van der Waals surface area contributed by atoms with E-state index in [-0.39, 0.29) is 0 Å². The Labute approximate surface area is 122 Å². The lowest BCUT2D eigenvalue weighted by Gasteiger charge is -2.14. The number of hydrogen-bond donors (Lipinski definition) is 2. The van der Waals surface area contributed by atoms with Crippen molar-refractivity contribution < 1.29 is 5.11 Å². The molecule has 2 aromatic carbocycles. The molecule has 0 atom stereocenters. The van der Waals surface area contributed by atoms with E-state index in [0.717, 1.165) is 20.8 Å². The van der Waals surface area contributed by atoms with Crippen LogP contribution < -0.4 is 5.43 Å². The predicted molar refractivity (Wildman–Crippen MR) is 86.3 cm³/mol. The van der Waals surface area contributed by atoms with Crippen molar-refractivity contribution in [3.63, 3.8) is 0 Å². The fourth-order valence-electron chi connectivity index (χ4n) is 1.83. The number of aromatic hydroxyl groups is 1. The fourth-order valence-corrected chi connectivity index (χ4v) is 2.97. The Morgan fingerprint density at radius 1 is 1.21 bits per heavy atom. The first-order valence-electron chi connectivity index (χ1n) is 5.88. The lowest BCUT2D eigenvalue weighted by molar-refractivity contribution is 0.368. The molecule has 2 rings (SSSR count). The predicted octanol–water partition coefficient (Wildman–Crippen LogP) is 3.13. The Balaban J connectivity index is 2.17. The van der Waals surface area contributed by atoms with Gasteiger partial charge in [-0.1, -0.05) is 54.3 Å². The van der Waals surface area contributed by atoms with Gasteiger partial charge in [0.25, 0.3) is 0 Å². The second-order valence-corrected chi connectivity index (χ2v) is 6.02. The van der Waals surface area contributed by atoms with E-state index in [0.29, 0.717) is 5.75 Å². The molecule has 0 radical (unpaired) electrons. The summed E-state index contributed by atoms with van der Waals surface area (Å²) in [4.78, 5) is 0. The smallest absolute Gasteiger partial charge is 0.148 e. The largest absolute Gasteiger partial charge is 0.507 e. The van der Waals surface area contributed by atoms with E-state index < -0.39 is 0 Å². The molecule has 0 amide bonds. The highest BCUT2D eigenvalue weighted by Gasteiger charge is 2.06. The molecule has 0 bridgehead atoms. The Kier molecular flexibility index (Phi) is 4.63. The van der Waals surface area contributed by atoms with Crippen LogP contribution in [0.25, 0.3) is 10.8 Å². The monoisotopic (exact) mass is 292 g/mol. The van der Waals surface area contributed by atoms with E-state index in [9.17, 15) is 5.11 Å². The van der Waals surface area contributed by atoms with Gasteiger partial charge in [-0.3, -0.25) is 0 Å². The zero-order valence-electron chi connectivity index (χ0n) is 10.9. The van der Waals surface area contributed by atoms with Gasteiger partial charge in [0.05, 0.1) is 0 Å². The summed E-state index contributed by atoms with van der Waals surface area (Å²) < 4.78 is 0.738. The number of thioether (sulfide) groups is 1. The highest BCUT2D eigenvalue weighted by molar-refractivity contribution is 8.22. The number of thiocarbonyl (C=S) groups is 1. The van der Waals surface area contributed by atoms with Crippen molar-refractivity contribution in [1.82, 2.24) is 10.4 Å². The van der Waals surface area contributed by atoms with Crippen molar-refractivity contribution in [2.75, 3.05) is 14.1 Å². The quantitative estimate of drug-likeness (QED) is 0.671. The number of nitrogens with zero attached hydrogens (tertiary/aromatic N) is 1. The molecule has 0 aliphatic rings. The van der Waals surface area contributed by atoms with E-state index in [1.165, 1.54) is 5.56 Å². The van der Waals surface area contributed by atoms with Crippen molar-refractivity contribution in [1.29, 1.82) is 0 Å². The molecule has 0 saturated carbocycles. The maximum Gasteiger partial charge on any atom is 0.148 e. The molecule has 0 aromatic heterocycles. The summed E-state index contributed by atoms with van der Waals surface area (Å²) in [6.45, 7) is 0. The Morgan fingerprint density at radius 3 is 2.58 bits per heavy atom. The van der Waals surface area contributed by atoms with Crippen LogP contribution in [0.4, 0.5) is 0 Å². The Hall–Kier alpha value is -1.30. The van der Waals surface area contributed by atoms with Crippen LogP contribution in [0.3, 0.4) is 0 Å². The Bertz CT molecular complexity index is 599. The average molecular weight is 292 g/mol. The minimum atomic E-state index is 0.318. The molecule has 0 unspecified atom stereocenters. The van der Waals surface area contributed by atoms with Crippen LogP contribution >= 0.6 is 24.0 Å². The number of benzene rings is 2. The maximum atomic E-state index is 9.84. The van der Waals surface area contributed by atoms with Gasteiger partial charge >= 0.3 is 0 Å². The molecule has 0 aliphatic carbocycles. The Morgan fingerprint density at radius 2 is 1.89 bits per heavy atom. The standard InChI is InChI=1S/C14H16N2OS2/c1-16(2)15-14(18)19-9-10-7-8-13(17)12-6-4-3-5-11(10)12/h3-8,17H,9H2,1-2H3,(H,15,18). The third-order valence-corrected chi connectivity index (χ3v) is 3.92. The lowest BCUT2D eigenvalue weighted by Crippen LogP contribution is -2.33. The molecule has 0 aliphatic heterocycles. The van der Waals surface area contributed by atoms with Crippen molar-refractivity contribution in [3.05, 3.63) is 42.0 Å². The normalized spacial score (nSPS) is 10.9. The van der Waals surface area contributed by atoms with Gasteiger partial charge in [0.15, 0.2) is 0 Å². The summed E-state index contributed by atoms with van der Waals surface area (Å²) >= 11 is 6.81. The minimum Gasteiger partial charge on any atom is -0.507 e. The first-order chi connectivity index (χ1) is 9.08. The van der Waals surface area contributed by atoms with E-state index in [4.69, 9.17) is 12.2 Å². The summed E-state index contributed by atoms with van der Waals surface area (Å²) in [5.41, 5.74) is 4.22. The number of hydrazine groups is 1. The molecular formula is C14H16N2OS2. The van der Waals surface area contributed by atoms with Gasteiger partial charge in [-0.15, -0.1) is 0 Å². The van der Waals surface area contributed by atoms with E-state index >= 15 is 0 Å². The second kappa shape index (κ2) is 6.23. The first kappa shape index (κ1) is 14.1. The van der Waals surface area contributed by atoms with Gasteiger partial charge in [-0.25, -0.2) is 5.01 Å². The highest BCUT2D eigenvalue weighted by atomic mass is 32.2. The third kappa shape index (κ3) is 3.59. The molecule has 100 valence electrons. The minimum absolute atomic E-state index is 0.318. The molecule has 0 heterocycles. The first-order valence-corrected chi connectivity index (χ1v) is 7.27. The topological polar surface area (TPSA) is 35.5 Å². The lowest BCUT2D eigenvalue weighted by atomic mass is 10.1. The SMILES string of the molecule is CN(C)NC(=S)SCc1ccc(O)c2ccccc12. The maximum absolute atomic E-state index is 9.84.